The number of aliphatic hydroxyl groups is 1. The van der Waals surface area contributed by atoms with Crippen molar-refractivity contribution in [2.45, 2.75) is 12.6 Å². The lowest BCUT2D eigenvalue weighted by molar-refractivity contribution is 0.0817. The second-order valence-corrected chi connectivity index (χ2v) is 4.50. The first-order chi connectivity index (χ1) is 8.13. The summed E-state index contributed by atoms with van der Waals surface area (Å²) in [5, 5.41) is 12.5. The lowest BCUT2D eigenvalue weighted by atomic mass is 10.1. The van der Waals surface area contributed by atoms with Gasteiger partial charge in [-0.1, -0.05) is 12.1 Å². The maximum atomic E-state index is 11.9. The molecule has 0 bridgehead atoms. The van der Waals surface area contributed by atoms with Crippen LogP contribution in [0.25, 0.3) is 0 Å². The van der Waals surface area contributed by atoms with E-state index < -0.39 is 6.10 Å². The summed E-state index contributed by atoms with van der Waals surface area (Å²) in [4.78, 5) is 13.6. The van der Waals surface area contributed by atoms with Crippen LogP contribution in [-0.2, 0) is 6.54 Å². The van der Waals surface area contributed by atoms with Gasteiger partial charge in [-0.25, -0.2) is 0 Å². The summed E-state index contributed by atoms with van der Waals surface area (Å²) in [6, 6.07) is 5.69. The first kappa shape index (κ1) is 12.2. The van der Waals surface area contributed by atoms with Crippen molar-refractivity contribution in [1.82, 2.24) is 4.90 Å². The summed E-state index contributed by atoms with van der Waals surface area (Å²) >= 11 is 5.52. The van der Waals surface area contributed by atoms with Crippen LogP contribution < -0.4 is 5.32 Å². The van der Waals surface area contributed by atoms with Gasteiger partial charge in [-0.15, -0.1) is 11.6 Å². The van der Waals surface area contributed by atoms with Crippen LogP contribution in [-0.4, -0.2) is 41.5 Å². The van der Waals surface area contributed by atoms with E-state index in [2.05, 4.69) is 5.32 Å². The molecule has 1 aromatic rings. The van der Waals surface area contributed by atoms with E-state index in [1.54, 1.807) is 11.9 Å². The van der Waals surface area contributed by atoms with Gasteiger partial charge in [0.1, 0.15) is 0 Å². The topological polar surface area (TPSA) is 52.6 Å². The number of nitrogens with one attached hydrogen (secondary N) is 1. The molecule has 0 saturated heterocycles. The molecule has 1 heterocycles. The Hall–Kier alpha value is -1.26. The van der Waals surface area contributed by atoms with Gasteiger partial charge in [-0.3, -0.25) is 4.79 Å². The fourth-order valence-corrected chi connectivity index (χ4v) is 2.04. The summed E-state index contributed by atoms with van der Waals surface area (Å²) in [6.45, 7) is 0.985. The van der Waals surface area contributed by atoms with E-state index >= 15 is 0 Å². The Labute approximate surface area is 105 Å². The fourth-order valence-electron chi connectivity index (χ4n) is 1.93. The number of carbonyl (C=O) groups is 1. The van der Waals surface area contributed by atoms with Crippen molar-refractivity contribution in [3.05, 3.63) is 29.3 Å². The van der Waals surface area contributed by atoms with Crippen molar-refractivity contribution in [3.8, 4) is 0 Å². The van der Waals surface area contributed by atoms with Crippen molar-refractivity contribution < 1.29 is 9.90 Å². The molecule has 1 aromatic carbocycles. The number of halogens is 1. The summed E-state index contributed by atoms with van der Waals surface area (Å²) in [7, 11) is 1.78. The molecule has 1 atom stereocenters. The minimum Gasteiger partial charge on any atom is -0.390 e. The number of hydrogen-bond acceptors (Lipinski definition) is 3. The van der Waals surface area contributed by atoms with E-state index in [9.17, 15) is 9.90 Å². The Morgan fingerprint density at radius 3 is 3.06 bits per heavy atom. The van der Waals surface area contributed by atoms with Crippen molar-refractivity contribution in [2.75, 3.05) is 24.8 Å². The van der Waals surface area contributed by atoms with Crippen LogP contribution in [0.4, 0.5) is 5.69 Å². The Morgan fingerprint density at radius 1 is 1.59 bits per heavy atom. The van der Waals surface area contributed by atoms with Crippen molar-refractivity contribution in [2.24, 2.45) is 0 Å². The van der Waals surface area contributed by atoms with Crippen LogP contribution in [0, 0.1) is 0 Å². The second kappa shape index (κ2) is 4.94. The highest BCUT2D eigenvalue weighted by molar-refractivity contribution is 6.18. The number of hydrogen-bond donors (Lipinski definition) is 2. The Kier molecular flexibility index (Phi) is 3.54. The Morgan fingerprint density at radius 2 is 2.35 bits per heavy atom. The fraction of sp³-hybridized carbons (Fsp3) is 0.417. The molecule has 0 aliphatic carbocycles. The van der Waals surface area contributed by atoms with Gasteiger partial charge in [0, 0.05) is 25.8 Å². The molecular formula is C12H15ClN2O2. The summed E-state index contributed by atoms with van der Waals surface area (Å²) in [6.07, 6.45) is -0.609. The van der Waals surface area contributed by atoms with Crippen molar-refractivity contribution >= 4 is 23.2 Å². The number of amides is 1. The van der Waals surface area contributed by atoms with Crippen LogP contribution in [0.5, 0.6) is 0 Å². The minimum atomic E-state index is -0.609. The molecular weight excluding hydrogens is 240 g/mol. The third-order valence-electron chi connectivity index (χ3n) is 2.83. The molecule has 17 heavy (non-hydrogen) atoms. The van der Waals surface area contributed by atoms with Gasteiger partial charge in [-0.05, 0) is 11.6 Å². The smallest absolute Gasteiger partial charge is 0.256 e. The first-order valence-corrected chi connectivity index (χ1v) is 6.02. The third kappa shape index (κ3) is 2.37. The number of alkyl halides is 1. The van der Waals surface area contributed by atoms with Crippen LogP contribution in [0.1, 0.15) is 15.9 Å². The number of benzene rings is 1. The van der Waals surface area contributed by atoms with Gasteiger partial charge in [0.15, 0.2) is 0 Å². The molecule has 0 saturated carbocycles. The molecule has 92 valence electrons. The summed E-state index contributed by atoms with van der Waals surface area (Å²) < 4.78 is 0. The van der Waals surface area contributed by atoms with E-state index in [-0.39, 0.29) is 11.8 Å². The van der Waals surface area contributed by atoms with E-state index in [1.807, 2.05) is 18.2 Å². The van der Waals surface area contributed by atoms with E-state index in [1.165, 1.54) is 0 Å². The first-order valence-electron chi connectivity index (χ1n) is 5.48. The van der Waals surface area contributed by atoms with Gasteiger partial charge in [-0.2, -0.15) is 0 Å². The van der Waals surface area contributed by atoms with Gasteiger partial charge >= 0.3 is 0 Å². The molecule has 0 spiro atoms. The summed E-state index contributed by atoms with van der Waals surface area (Å²) in [5.41, 5.74) is 2.49. The summed E-state index contributed by atoms with van der Waals surface area (Å²) in [5.74, 6) is 0.194. The molecule has 2 rings (SSSR count). The quantitative estimate of drug-likeness (QED) is 0.796. The molecule has 1 unspecified atom stereocenters. The average Bonchev–Trinajstić information content (AvgIpc) is 2.63. The van der Waals surface area contributed by atoms with Gasteiger partial charge < -0.3 is 15.3 Å². The second-order valence-electron chi connectivity index (χ2n) is 4.19. The number of fused-ring (bicyclic) bond motifs is 1. The maximum Gasteiger partial charge on any atom is 0.256 e. The highest BCUT2D eigenvalue weighted by atomic mass is 35.5. The van der Waals surface area contributed by atoms with E-state index in [0.717, 1.165) is 11.3 Å². The zero-order valence-corrected chi connectivity index (χ0v) is 10.4. The molecule has 2 N–H and O–H groups in total. The molecule has 1 amide bonds. The molecule has 4 nitrogen and oxygen atoms in total. The standard InChI is InChI=1S/C12H15ClN2O2/c1-15-7-8-3-2-4-10(11(8)12(15)17)14-6-9(16)5-13/h2-4,9,14,16H,5-7H2,1H3. The predicted octanol–water partition coefficient (Wildman–Crippen LogP) is 1.28. The molecule has 0 fully saturated rings. The number of anilines is 1. The monoisotopic (exact) mass is 254 g/mol. The zero-order valence-electron chi connectivity index (χ0n) is 9.61. The van der Waals surface area contributed by atoms with Crippen molar-refractivity contribution in [3.63, 3.8) is 0 Å². The van der Waals surface area contributed by atoms with Gasteiger partial charge in [0.25, 0.3) is 5.91 Å². The number of aliphatic hydroxyl groups excluding tert-OH is 1. The molecule has 1 aliphatic heterocycles. The van der Waals surface area contributed by atoms with E-state index in [0.29, 0.717) is 18.7 Å². The average molecular weight is 255 g/mol. The number of nitrogens with zero attached hydrogens (tertiary/aromatic N) is 1. The largest absolute Gasteiger partial charge is 0.390 e. The van der Waals surface area contributed by atoms with Crippen LogP contribution in [0.15, 0.2) is 18.2 Å². The number of carbonyl (C=O) groups excluding carboxylic acids is 1. The Bertz CT molecular complexity index is 437. The minimum absolute atomic E-state index is 0.0171. The van der Waals surface area contributed by atoms with Crippen LogP contribution in [0.3, 0.4) is 0 Å². The number of rotatable bonds is 4. The lowest BCUT2D eigenvalue weighted by Crippen LogP contribution is -2.22. The zero-order chi connectivity index (χ0) is 12.4. The lowest BCUT2D eigenvalue weighted by Gasteiger charge is -2.12. The normalized spacial score (nSPS) is 15.9. The van der Waals surface area contributed by atoms with Crippen LogP contribution in [0.2, 0.25) is 0 Å². The molecule has 0 radical (unpaired) electrons. The highest BCUT2D eigenvalue weighted by Gasteiger charge is 2.26. The molecule has 1 aliphatic rings. The SMILES string of the molecule is CN1Cc2cccc(NCC(O)CCl)c2C1=O. The predicted molar refractivity (Wildman–Crippen MR) is 67.5 cm³/mol. The molecule has 5 heteroatoms. The molecule has 0 aromatic heterocycles. The Balaban J connectivity index is 2.20. The maximum absolute atomic E-state index is 11.9. The van der Waals surface area contributed by atoms with Crippen LogP contribution >= 0.6 is 11.6 Å². The van der Waals surface area contributed by atoms with Crippen molar-refractivity contribution in [1.29, 1.82) is 0 Å². The van der Waals surface area contributed by atoms with Gasteiger partial charge in [0.05, 0.1) is 17.5 Å². The third-order valence-corrected chi connectivity index (χ3v) is 3.18. The van der Waals surface area contributed by atoms with E-state index in [4.69, 9.17) is 11.6 Å². The van der Waals surface area contributed by atoms with Gasteiger partial charge in [0.2, 0.25) is 0 Å². The highest BCUT2D eigenvalue weighted by Crippen LogP contribution is 2.28.